The van der Waals surface area contributed by atoms with Crippen LogP contribution in [0.3, 0.4) is 0 Å². The fraction of sp³-hybridized carbons (Fsp3) is 0.571. The van der Waals surface area contributed by atoms with Crippen molar-refractivity contribution in [2.45, 2.75) is 52.2 Å². The Balaban J connectivity index is 2.02. The number of aliphatic hydroxyl groups excluding tert-OH is 1. The Labute approximate surface area is 113 Å². The summed E-state index contributed by atoms with van der Waals surface area (Å²) in [6.45, 7) is 6.67. The summed E-state index contributed by atoms with van der Waals surface area (Å²) in [4.78, 5) is 4.33. The molecule has 0 spiro atoms. The number of hydrogen-bond donors (Lipinski definition) is 1. The first-order chi connectivity index (χ1) is 9.10. The molecule has 5 nitrogen and oxygen atoms in total. The second-order valence-corrected chi connectivity index (χ2v) is 5.13. The first kappa shape index (κ1) is 13.8. The summed E-state index contributed by atoms with van der Waals surface area (Å²) >= 11 is 0. The van der Waals surface area contributed by atoms with Crippen LogP contribution in [-0.2, 0) is 6.54 Å². The molecule has 0 aliphatic heterocycles. The first-order valence-electron chi connectivity index (χ1n) is 6.76. The molecular weight excluding hydrogens is 242 g/mol. The highest BCUT2D eigenvalue weighted by atomic mass is 16.5. The molecule has 104 valence electrons. The summed E-state index contributed by atoms with van der Waals surface area (Å²) in [5.41, 5.74) is 0.939. The maximum absolute atomic E-state index is 9.91. The van der Waals surface area contributed by atoms with Crippen molar-refractivity contribution < 1.29 is 9.63 Å². The quantitative estimate of drug-likeness (QED) is 0.870. The summed E-state index contributed by atoms with van der Waals surface area (Å²) in [5, 5.41) is 13.9. The maximum Gasteiger partial charge on any atom is 0.229 e. The number of nitrogens with zero attached hydrogens (tertiary/aromatic N) is 3. The zero-order valence-electron chi connectivity index (χ0n) is 11.7. The molecule has 2 aromatic heterocycles. The monoisotopic (exact) mass is 263 g/mol. The van der Waals surface area contributed by atoms with Crippen molar-refractivity contribution in [3.8, 4) is 0 Å². The minimum atomic E-state index is -0.386. The number of hydrogen-bond acceptors (Lipinski definition) is 4. The average Bonchev–Trinajstić information content (AvgIpc) is 2.99. The van der Waals surface area contributed by atoms with Crippen LogP contribution >= 0.6 is 0 Å². The van der Waals surface area contributed by atoms with Gasteiger partial charge in [-0.2, -0.15) is 4.98 Å². The van der Waals surface area contributed by atoms with Crippen LogP contribution in [-0.4, -0.2) is 19.8 Å². The van der Waals surface area contributed by atoms with Gasteiger partial charge in [0.2, 0.25) is 5.89 Å². The Bertz CT molecular complexity index is 516. The topological polar surface area (TPSA) is 64.1 Å². The molecule has 0 bridgehead atoms. The van der Waals surface area contributed by atoms with Gasteiger partial charge in [-0.3, -0.25) is 0 Å². The van der Waals surface area contributed by atoms with Gasteiger partial charge in [-0.15, -0.1) is 0 Å². The third kappa shape index (κ3) is 3.44. The molecule has 1 atom stereocenters. The number of rotatable bonds is 6. The molecule has 0 saturated heterocycles. The van der Waals surface area contributed by atoms with Crippen molar-refractivity contribution in [3.63, 3.8) is 0 Å². The Hall–Kier alpha value is -1.62. The van der Waals surface area contributed by atoms with E-state index >= 15 is 0 Å². The van der Waals surface area contributed by atoms with Crippen LogP contribution in [0.1, 0.15) is 62.9 Å². The average molecular weight is 263 g/mol. The van der Waals surface area contributed by atoms with Gasteiger partial charge in [0.15, 0.2) is 5.82 Å². The molecule has 2 rings (SSSR count). The molecular formula is C14H21N3O2. The van der Waals surface area contributed by atoms with Crippen LogP contribution in [0.15, 0.2) is 23.0 Å². The van der Waals surface area contributed by atoms with E-state index < -0.39 is 0 Å². The standard InChI is InChI=1S/C14H21N3O2/c1-4-5-12(18)11-6-7-17(8-11)9-13-15-14(10(2)3)19-16-13/h6-8,10,12,18H,4-5,9H2,1-3H3. The van der Waals surface area contributed by atoms with E-state index in [0.717, 1.165) is 18.4 Å². The lowest BCUT2D eigenvalue weighted by Crippen LogP contribution is -2.00. The number of aromatic nitrogens is 3. The molecule has 2 aromatic rings. The lowest BCUT2D eigenvalue weighted by Gasteiger charge is -2.05. The Morgan fingerprint density at radius 3 is 2.84 bits per heavy atom. The van der Waals surface area contributed by atoms with Crippen LogP contribution in [0.5, 0.6) is 0 Å². The highest BCUT2D eigenvalue weighted by molar-refractivity contribution is 5.14. The molecule has 0 aliphatic carbocycles. The SMILES string of the molecule is CCCC(O)c1ccn(Cc2noc(C(C)C)n2)c1. The fourth-order valence-electron chi connectivity index (χ4n) is 1.92. The zero-order chi connectivity index (χ0) is 13.8. The van der Waals surface area contributed by atoms with Crippen LogP contribution in [0.2, 0.25) is 0 Å². The smallest absolute Gasteiger partial charge is 0.229 e. The molecule has 0 aromatic carbocycles. The third-order valence-corrected chi connectivity index (χ3v) is 3.02. The minimum absolute atomic E-state index is 0.243. The third-order valence-electron chi connectivity index (χ3n) is 3.02. The maximum atomic E-state index is 9.91. The lowest BCUT2D eigenvalue weighted by molar-refractivity contribution is 0.166. The van der Waals surface area contributed by atoms with Gasteiger partial charge in [-0.1, -0.05) is 32.3 Å². The largest absolute Gasteiger partial charge is 0.388 e. The molecule has 2 heterocycles. The van der Waals surface area contributed by atoms with Gasteiger partial charge in [-0.05, 0) is 18.1 Å². The van der Waals surface area contributed by atoms with Crippen molar-refractivity contribution >= 4 is 0 Å². The molecule has 5 heteroatoms. The van der Waals surface area contributed by atoms with E-state index in [1.807, 2.05) is 36.9 Å². The van der Waals surface area contributed by atoms with Crippen molar-refractivity contribution in [1.29, 1.82) is 0 Å². The summed E-state index contributed by atoms with van der Waals surface area (Å²) in [6.07, 6.45) is 5.23. The molecule has 0 radical (unpaired) electrons. The first-order valence-corrected chi connectivity index (χ1v) is 6.76. The van der Waals surface area contributed by atoms with Gasteiger partial charge in [-0.25, -0.2) is 0 Å². The van der Waals surface area contributed by atoms with E-state index in [1.165, 1.54) is 0 Å². The second-order valence-electron chi connectivity index (χ2n) is 5.13. The number of aliphatic hydroxyl groups is 1. The normalized spacial score (nSPS) is 13.1. The predicted molar refractivity (Wildman–Crippen MR) is 71.8 cm³/mol. The van der Waals surface area contributed by atoms with E-state index in [4.69, 9.17) is 4.52 Å². The highest BCUT2D eigenvalue weighted by Crippen LogP contribution is 2.19. The van der Waals surface area contributed by atoms with Crippen molar-refractivity contribution in [1.82, 2.24) is 14.7 Å². The van der Waals surface area contributed by atoms with Crippen LogP contribution < -0.4 is 0 Å². The fourth-order valence-corrected chi connectivity index (χ4v) is 1.92. The van der Waals surface area contributed by atoms with Crippen molar-refractivity contribution in [2.24, 2.45) is 0 Å². The molecule has 0 aliphatic rings. The summed E-state index contributed by atoms with van der Waals surface area (Å²) < 4.78 is 7.13. The Morgan fingerprint density at radius 1 is 1.42 bits per heavy atom. The van der Waals surface area contributed by atoms with E-state index in [-0.39, 0.29) is 12.0 Å². The molecule has 1 N–H and O–H groups in total. The summed E-state index contributed by atoms with van der Waals surface area (Å²) in [5.74, 6) is 1.57. The van der Waals surface area contributed by atoms with Gasteiger partial charge < -0.3 is 14.2 Å². The molecule has 0 fully saturated rings. The summed E-state index contributed by atoms with van der Waals surface area (Å²) in [6, 6.07) is 1.93. The van der Waals surface area contributed by atoms with Crippen LogP contribution in [0, 0.1) is 0 Å². The van der Waals surface area contributed by atoms with Crippen molar-refractivity contribution in [3.05, 3.63) is 35.7 Å². The van der Waals surface area contributed by atoms with Crippen LogP contribution in [0.4, 0.5) is 0 Å². The molecule has 0 saturated carbocycles. The minimum Gasteiger partial charge on any atom is -0.388 e. The highest BCUT2D eigenvalue weighted by Gasteiger charge is 2.11. The predicted octanol–water partition coefficient (Wildman–Crippen LogP) is 2.88. The summed E-state index contributed by atoms with van der Waals surface area (Å²) in [7, 11) is 0. The Morgan fingerprint density at radius 2 is 2.21 bits per heavy atom. The van der Waals surface area contributed by atoms with Gasteiger partial charge in [0.05, 0.1) is 12.6 Å². The molecule has 0 amide bonds. The Kier molecular flexibility index (Phi) is 4.37. The van der Waals surface area contributed by atoms with E-state index in [9.17, 15) is 5.11 Å². The zero-order valence-corrected chi connectivity index (χ0v) is 11.7. The molecule has 19 heavy (non-hydrogen) atoms. The van der Waals surface area contributed by atoms with Gasteiger partial charge in [0.25, 0.3) is 0 Å². The molecule has 1 unspecified atom stereocenters. The lowest BCUT2D eigenvalue weighted by atomic mass is 10.1. The van der Waals surface area contributed by atoms with E-state index in [1.54, 1.807) is 0 Å². The second kappa shape index (κ2) is 6.02. The van der Waals surface area contributed by atoms with E-state index in [2.05, 4.69) is 17.1 Å². The van der Waals surface area contributed by atoms with Crippen LogP contribution in [0.25, 0.3) is 0 Å². The van der Waals surface area contributed by atoms with Gasteiger partial charge in [0.1, 0.15) is 0 Å². The van der Waals surface area contributed by atoms with Gasteiger partial charge >= 0.3 is 0 Å². The van der Waals surface area contributed by atoms with Gasteiger partial charge in [0, 0.05) is 18.3 Å². The van der Waals surface area contributed by atoms with Crippen molar-refractivity contribution in [2.75, 3.05) is 0 Å². The van der Waals surface area contributed by atoms with E-state index in [0.29, 0.717) is 18.3 Å².